The summed E-state index contributed by atoms with van der Waals surface area (Å²) in [4.78, 5) is 0. The fraction of sp³-hybridized carbons (Fsp3) is 0.667. The van der Waals surface area contributed by atoms with Gasteiger partial charge in [-0.3, -0.25) is 0 Å². The average molecular weight is 188 g/mol. The molecule has 2 heteroatoms. The first-order valence-electron chi connectivity index (χ1n) is 5.46. The lowest BCUT2D eigenvalue weighted by molar-refractivity contribution is 0.483. The highest BCUT2D eigenvalue weighted by molar-refractivity contribution is 5.45. The van der Waals surface area contributed by atoms with E-state index in [-0.39, 0.29) is 0 Å². The van der Waals surface area contributed by atoms with E-state index < -0.39 is 0 Å². The summed E-state index contributed by atoms with van der Waals surface area (Å²) in [6.45, 7) is 6.62. The van der Waals surface area contributed by atoms with Crippen molar-refractivity contribution in [1.82, 2.24) is 10.2 Å². The van der Waals surface area contributed by atoms with Gasteiger partial charge in [-0.15, -0.1) is 0 Å². The Labute approximate surface area is 84.7 Å². The van der Waals surface area contributed by atoms with Crippen molar-refractivity contribution in [1.29, 1.82) is 0 Å². The summed E-state index contributed by atoms with van der Waals surface area (Å²) >= 11 is 0. The summed E-state index contributed by atoms with van der Waals surface area (Å²) < 4.78 is 0. The maximum Gasteiger partial charge on any atom is 0.0727 e. The zero-order valence-corrected chi connectivity index (χ0v) is 9.09. The van der Waals surface area contributed by atoms with E-state index in [4.69, 9.17) is 0 Å². The van der Waals surface area contributed by atoms with E-state index in [9.17, 15) is 0 Å². The summed E-state index contributed by atoms with van der Waals surface area (Å²) in [6, 6.07) is 0. The first-order chi connectivity index (χ1) is 6.62. The van der Waals surface area contributed by atoms with Gasteiger partial charge in [0, 0.05) is 5.41 Å². The van der Waals surface area contributed by atoms with Crippen LogP contribution in [0.5, 0.6) is 0 Å². The molecule has 0 spiro atoms. The highest BCUT2D eigenvalue weighted by atomic mass is 15.1. The van der Waals surface area contributed by atoms with Crippen molar-refractivity contribution >= 4 is 0 Å². The van der Waals surface area contributed by atoms with Crippen LogP contribution in [0.2, 0.25) is 0 Å². The lowest BCUT2D eigenvalue weighted by atomic mass is 9.84. The molecule has 1 aromatic rings. The predicted molar refractivity (Wildman–Crippen MR) is 55.5 cm³/mol. The molecule has 1 fully saturated rings. The maximum atomic E-state index is 4.42. The van der Waals surface area contributed by atoms with Crippen LogP contribution in [0.15, 0.2) is 0 Å². The van der Waals surface area contributed by atoms with Crippen LogP contribution < -0.4 is 0 Å². The van der Waals surface area contributed by atoms with E-state index in [2.05, 4.69) is 31.0 Å². The Morgan fingerprint density at radius 3 is 2.86 bits per heavy atom. The van der Waals surface area contributed by atoms with E-state index in [1.165, 1.54) is 36.1 Å². The normalized spacial score (nSPS) is 33.5. The molecular weight excluding hydrogens is 172 g/mol. The largest absolute Gasteiger partial charge is 0.155 e. The molecule has 0 saturated heterocycles. The molecule has 0 amide bonds. The number of rotatable bonds is 0. The molecule has 2 aliphatic carbocycles. The van der Waals surface area contributed by atoms with Crippen LogP contribution in [-0.2, 0) is 5.41 Å². The summed E-state index contributed by atoms with van der Waals surface area (Å²) in [7, 11) is 0. The van der Waals surface area contributed by atoms with Crippen molar-refractivity contribution in [3.05, 3.63) is 22.5 Å². The van der Waals surface area contributed by atoms with Crippen molar-refractivity contribution in [2.24, 2.45) is 0 Å². The number of hydrogen-bond donors (Lipinski definition) is 0. The molecule has 1 aromatic heterocycles. The minimum atomic E-state index is 0.353. The fourth-order valence-electron chi connectivity index (χ4n) is 3.27. The van der Waals surface area contributed by atoms with Gasteiger partial charge in [-0.25, -0.2) is 0 Å². The quantitative estimate of drug-likeness (QED) is 0.625. The number of aromatic nitrogens is 2. The Balaban J connectivity index is 2.30. The molecule has 3 rings (SSSR count). The molecular formula is C12H16N2. The highest BCUT2D eigenvalue weighted by Crippen LogP contribution is 2.56. The molecule has 2 bridgehead atoms. The van der Waals surface area contributed by atoms with Crippen LogP contribution in [0.1, 0.15) is 54.6 Å². The van der Waals surface area contributed by atoms with Crippen molar-refractivity contribution in [3.8, 4) is 0 Å². The average Bonchev–Trinajstić information content (AvgIpc) is 2.65. The zero-order valence-electron chi connectivity index (χ0n) is 9.09. The Hall–Kier alpha value is -0.920. The van der Waals surface area contributed by atoms with Crippen LogP contribution in [0.25, 0.3) is 0 Å². The van der Waals surface area contributed by atoms with Crippen molar-refractivity contribution < 1.29 is 0 Å². The van der Waals surface area contributed by atoms with Crippen molar-refractivity contribution in [2.45, 2.75) is 51.4 Å². The third kappa shape index (κ3) is 0.819. The summed E-state index contributed by atoms with van der Waals surface area (Å²) in [5, 5.41) is 8.69. The second-order valence-corrected chi connectivity index (χ2v) is 5.17. The second kappa shape index (κ2) is 2.36. The van der Waals surface area contributed by atoms with Crippen LogP contribution in [-0.4, -0.2) is 10.2 Å². The molecule has 0 N–H and O–H groups in total. The molecule has 2 atom stereocenters. The molecule has 2 nitrogen and oxygen atoms in total. The molecule has 1 heterocycles. The number of aryl methyl sites for hydroxylation is 1. The zero-order chi connectivity index (χ0) is 9.92. The monoisotopic (exact) mass is 188 g/mol. The first-order valence-corrected chi connectivity index (χ1v) is 5.46. The fourth-order valence-corrected chi connectivity index (χ4v) is 3.27. The molecule has 2 unspecified atom stereocenters. The van der Waals surface area contributed by atoms with Gasteiger partial charge in [-0.05, 0) is 50.2 Å². The summed E-state index contributed by atoms with van der Waals surface area (Å²) in [5.74, 6) is 0.782. The van der Waals surface area contributed by atoms with E-state index >= 15 is 0 Å². The number of hydrogen-bond acceptors (Lipinski definition) is 2. The van der Waals surface area contributed by atoms with E-state index in [0.29, 0.717) is 5.41 Å². The van der Waals surface area contributed by atoms with Gasteiger partial charge in [0.15, 0.2) is 0 Å². The molecule has 74 valence electrons. The van der Waals surface area contributed by atoms with Crippen LogP contribution in [0.4, 0.5) is 0 Å². The lowest BCUT2D eigenvalue weighted by Gasteiger charge is -2.23. The maximum absolute atomic E-state index is 4.42. The van der Waals surface area contributed by atoms with Crippen LogP contribution >= 0.6 is 0 Å². The third-order valence-corrected chi connectivity index (χ3v) is 4.22. The van der Waals surface area contributed by atoms with Crippen molar-refractivity contribution in [2.75, 3.05) is 0 Å². The second-order valence-electron chi connectivity index (χ2n) is 5.17. The molecule has 1 saturated carbocycles. The topological polar surface area (TPSA) is 25.8 Å². The van der Waals surface area contributed by atoms with Gasteiger partial charge in [-0.1, -0.05) is 6.92 Å². The smallest absolute Gasteiger partial charge is 0.0727 e. The van der Waals surface area contributed by atoms with E-state index in [1.54, 1.807) is 0 Å². The van der Waals surface area contributed by atoms with Crippen molar-refractivity contribution in [3.63, 3.8) is 0 Å². The minimum absolute atomic E-state index is 0.353. The molecule has 0 aliphatic heterocycles. The minimum Gasteiger partial charge on any atom is -0.155 e. The Morgan fingerprint density at radius 1 is 1.29 bits per heavy atom. The SMILES string of the molecule is Cc1nnc2c(c1C)C1CCC2(C)C1. The van der Waals surface area contributed by atoms with Gasteiger partial charge in [0.05, 0.1) is 11.4 Å². The lowest BCUT2D eigenvalue weighted by Crippen LogP contribution is -2.19. The Bertz CT molecular complexity index is 411. The van der Waals surface area contributed by atoms with E-state index in [1.807, 2.05) is 0 Å². The Kier molecular flexibility index (Phi) is 1.41. The number of nitrogens with zero attached hydrogens (tertiary/aromatic N) is 2. The molecule has 2 aliphatic rings. The summed E-state index contributed by atoms with van der Waals surface area (Å²) in [5.41, 5.74) is 5.69. The third-order valence-electron chi connectivity index (χ3n) is 4.22. The molecule has 0 aromatic carbocycles. The molecule has 14 heavy (non-hydrogen) atoms. The van der Waals surface area contributed by atoms with Gasteiger partial charge in [0.25, 0.3) is 0 Å². The number of fused-ring (bicyclic) bond motifs is 5. The van der Waals surface area contributed by atoms with Crippen LogP contribution in [0.3, 0.4) is 0 Å². The Morgan fingerprint density at radius 2 is 2.07 bits per heavy atom. The standard InChI is InChI=1S/C12H16N2/c1-7-8(2)13-14-11-10(7)9-4-5-12(11,3)6-9/h9H,4-6H2,1-3H3. The first kappa shape index (κ1) is 8.39. The van der Waals surface area contributed by atoms with E-state index in [0.717, 1.165) is 11.6 Å². The summed E-state index contributed by atoms with van der Waals surface area (Å²) in [6.07, 6.45) is 3.97. The predicted octanol–water partition coefficient (Wildman–Crippen LogP) is 2.63. The van der Waals surface area contributed by atoms with Gasteiger partial charge in [-0.2, -0.15) is 10.2 Å². The van der Waals surface area contributed by atoms with Gasteiger partial charge >= 0.3 is 0 Å². The van der Waals surface area contributed by atoms with Gasteiger partial charge in [0.2, 0.25) is 0 Å². The van der Waals surface area contributed by atoms with Crippen LogP contribution in [0, 0.1) is 13.8 Å². The van der Waals surface area contributed by atoms with Gasteiger partial charge in [0.1, 0.15) is 0 Å². The van der Waals surface area contributed by atoms with Gasteiger partial charge < -0.3 is 0 Å². The highest BCUT2D eigenvalue weighted by Gasteiger charge is 2.48. The molecule has 0 radical (unpaired) electrons.